The van der Waals surface area contributed by atoms with Crippen LogP contribution in [0.25, 0.3) is 0 Å². The first-order chi connectivity index (χ1) is 13.7. The van der Waals surface area contributed by atoms with Crippen molar-refractivity contribution in [1.29, 1.82) is 0 Å². The minimum Gasteiger partial charge on any atom is -0.373 e. The Kier molecular flexibility index (Phi) is 7.02. The average molecular weight is 373 g/mol. The number of benzene rings is 2. The first-order valence-corrected chi connectivity index (χ1v) is 9.80. The number of nitrogens with one attached hydrogen (secondary N) is 1. The summed E-state index contributed by atoms with van der Waals surface area (Å²) in [5.74, 6) is 0.106. The van der Waals surface area contributed by atoms with E-state index in [-0.39, 0.29) is 11.9 Å². The molecular formula is C25H27NO2. The Morgan fingerprint density at radius 2 is 1.86 bits per heavy atom. The molecule has 0 amide bonds. The predicted molar refractivity (Wildman–Crippen MR) is 113 cm³/mol. The van der Waals surface area contributed by atoms with Gasteiger partial charge in [-0.1, -0.05) is 78.0 Å². The molecule has 0 bridgehead atoms. The Bertz CT molecular complexity index is 875. The quantitative estimate of drug-likeness (QED) is 0.601. The van der Waals surface area contributed by atoms with E-state index in [1.54, 1.807) is 0 Å². The molecular weight excluding hydrogens is 346 g/mol. The number of ketones is 1. The van der Waals surface area contributed by atoms with E-state index in [2.05, 4.69) is 17.1 Å². The van der Waals surface area contributed by atoms with Gasteiger partial charge in [0.05, 0.1) is 11.8 Å². The Morgan fingerprint density at radius 1 is 1.11 bits per heavy atom. The SMILES string of the molecule is CCOC(CC(=O)C(NC1=C=CC=CC1)c1ccc(C)cc1)c1ccccc1. The molecule has 2 atom stereocenters. The van der Waals surface area contributed by atoms with Crippen molar-refractivity contribution < 1.29 is 9.53 Å². The molecule has 0 fully saturated rings. The molecule has 0 aromatic heterocycles. The van der Waals surface area contributed by atoms with E-state index < -0.39 is 6.04 Å². The third kappa shape index (κ3) is 5.32. The smallest absolute Gasteiger partial charge is 0.162 e. The Hall–Kier alpha value is -2.87. The minimum atomic E-state index is -0.422. The van der Waals surface area contributed by atoms with E-state index in [0.717, 1.165) is 23.2 Å². The molecule has 1 N–H and O–H groups in total. The van der Waals surface area contributed by atoms with Gasteiger partial charge in [0.2, 0.25) is 0 Å². The predicted octanol–water partition coefficient (Wildman–Crippen LogP) is 5.36. The van der Waals surface area contributed by atoms with Gasteiger partial charge in [-0.2, -0.15) is 0 Å². The lowest BCUT2D eigenvalue weighted by molar-refractivity contribution is -0.124. The van der Waals surface area contributed by atoms with Gasteiger partial charge in [0.25, 0.3) is 0 Å². The van der Waals surface area contributed by atoms with Crippen LogP contribution in [0, 0.1) is 6.92 Å². The zero-order valence-corrected chi connectivity index (χ0v) is 16.5. The van der Waals surface area contributed by atoms with E-state index in [1.165, 1.54) is 5.56 Å². The summed E-state index contributed by atoms with van der Waals surface area (Å²) >= 11 is 0. The first-order valence-electron chi connectivity index (χ1n) is 9.80. The van der Waals surface area contributed by atoms with Gasteiger partial charge in [-0.3, -0.25) is 4.79 Å². The first kappa shape index (κ1) is 19.9. The van der Waals surface area contributed by atoms with Crippen LogP contribution in [0.2, 0.25) is 0 Å². The minimum absolute atomic E-state index is 0.106. The summed E-state index contributed by atoms with van der Waals surface area (Å²) in [6, 6.07) is 17.7. The van der Waals surface area contributed by atoms with Crippen LogP contribution in [0.15, 0.2) is 84.3 Å². The van der Waals surface area contributed by atoms with E-state index in [0.29, 0.717) is 13.0 Å². The number of hydrogen-bond donors (Lipinski definition) is 1. The summed E-state index contributed by atoms with van der Waals surface area (Å²) in [6.45, 7) is 4.57. The van der Waals surface area contributed by atoms with Crippen LogP contribution in [0.1, 0.15) is 48.6 Å². The fourth-order valence-corrected chi connectivity index (χ4v) is 3.29. The van der Waals surface area contributed by atoms with Gasteiger partial charge in [0.1, 0.15) is 6.04 Å². The third-order valence-electron chi connectivity index (χ3n) is 4.79. The van der Waals surface area contributed by atoms with Crippen molar-refractivity contribution in [1.82, 2.24) is 5.32 Å². The van der Waals surface area contributed by atoms with Crippen LogP contribution >= 0.6 is 0 Å². The highest BCUT2D eigenvalue weighted by atomic mass is 16.5. The van der Waals surface area contributed by atoms with Crippen molar-refractivity contribution in [2.75, 3.05) is 6.61 Å². The van der Waals surface area contributed by atoms with Crippen molar-refractivity contribution in [3.63, 3.8) is 0 Å². The summed E-state index contributed by atoms with van der Waals surface area (Å²) in [6.07, 6.45) is 6.71. The van der Waals surface area contributed by atoms with Crippen molar-refractivity contribution >= 4 is 5.78 Å². The van der Waals surface area contributed by atoms with Gasteiger partial charge in [-0.15, -0.1) is 0 Å². The van der Waals surface area contributed by atoms with E-state index in [1.807, 2.05) is 80.6 Å². The summed E-state index contributed by atoms with van der Waals surface area (Å²) in [5, 5.41) is 3.41. The van der Waals surface area contributed by atoms with Gasteiger partial charge >= 0.3 is 0 Å². The summed E-state index contributed by atoms with van der Waals surface area (Å²) in [7, 11) is 0. The molecule has 144 valence electrons. The third-order valence-corrected chi connectivity index (χ3v) is 4.79. The molecule has 0 saturated carbocycles. The summed E-state index contributed by atoms with van der Waals surface area (Å²) < 4.78 is 5.91. The molecule has 1 aliphatic carbocycles. The summed E-state index contributed by atoms with van der Waals surface area (Å²) in [5.41, 5.74) is 7.29. The lowest BCUT2D eigenvalue weighted by atomic mass is 9.95. The van der Waals surface area contributed by atoms with Crippen molar-refractivity contribution in [2.24, 2.45) is 0 Å². The highest BCUT2D eigenvalue weighted by molar-refractivity contribution is 5.86. The molecule has 0 radical (unpaired) electrons. The van der Waals surface area contributed by atoms with Gasteiger partial charge in [-0.25, -0.2) is 0 Å². The number of allylic oxidation sites excluding steroid dienone is 2. The lowest BCUT2D eigenvalue weighted by Crippen LogP contribution is -2.29. The Balaban J connectivity index is 1.84. The molecule has 2 unspecified atom stereocenters. The maximum absolute atomic E-state index is 13.3. The molecule has 2 aromatic carbocycles. The van der Waals surface area contributed by atoms with Gasteiger partial charge in [0.15, 0.2) is 5.78 Å². The monoisotopic (exact) mass is 373 g/mol. The van der Waals surface area contributed by atoms with Crippen LogP contribution in [-0.2, 0) is 9.53 Å². The number of carbonyl (C=O) groups excluding carboxylic acids is 1. The van der Waals surface area contributed by atoms with Gasteiger partial charge in [-0.05, 0) is 31.1 Å². The molecule has 0 saturated heterocycles. The lowest BCUT2D eigenvalue weighted by Gasteiger charge is -2.24. The topological polar surface area (TPSA) is 38.3 Å². The Morgan fingerprint density at radius 3 is 2.50 bits per heavy atom. The number of rotatable bonds is 9. The van der Waals surface area contributed by atoms with Crippen molar-refractivity contribution in [3.8, 4) is 0 Å². The van der Waals surface area contributed by atoms with Gasteiger partial charge < -0.3 is 10.1 Å². The molecule has 3 nitrogen and oxygen atoms in total. The molecule has 2 aromatic rings. The standard InChI is InChI=1S/C25H27NO2/c1-3-28-24(20-10-6-4-7-11-20)18-23(27)25(21-16-14-19(2)15-17-21)26-22-12-8-5-9-13-22/h4-11,14-17,24-26H,3,12,18H2,1-2H3. The normalized spacial score (nSPS) is 15.0. The van der Waals surface area contributed by atoms with Crippen LogP contribution in [-0.4, -0.2) is 12.4 Å². The average Bonchev–Trinajstić information content (AvgIpc) is 2.74. The maximum Gasteiger partial charge on any atom is 0.162 e. The van der Waals surface area contributed by atoms with Gasteiger partial charge in [0, 0.05) is 19.4 Å². The number of hydrogen-bond acceptors (Lipinski definition) is 3. The fraction of sp³-hybridized carbons (Fsp3) is 0.280. The highest BCUT2D eigenvalue weighted by Gasteiger charge is 2.25. The van der Waals surface area contributed by atoms with Crippen LogP contribution in [0.3, 0.4) is 0 Å². The van der Waals surface area contributed by atoms with Crippen LogP contribution < -0.4 is 5.32 Å². The number of Topliss-reactive ketones (excluding diaryl/α,β-unsaturated/α-hetero) is 1. The van der Waals surface area contributed by atoms with Crippen molar-refractivity contribution in [3.05, 3.63) is 101 Å². The van der Waals surface area contributed by atoms with E-state index in [4.69, 9.17) is 4.74 Å². The van der Waals surface area contributed by atoms with Crippen LogP contribution in [0.5, 0.6) is 0 Å². The second-order valence-electron chi connectivity index (χ2n) is 6.93. The highest BCUT2D eigenvalue weighted by Crippen LogP contribution is 2.27. The molecule has 0 heterocycles. The second-order valence-corrected chi connectivity index (χ2v) is 6.93. The maximum atomic E-state index is 13.3. The van der Waals surface area contributed by atoms with Crippen molar-refractivity contribution in [2.45, 2.75) is 38.8 Å². The fourth-order valence-electron chi connectivity index (χ4n) is 3.29. The molecule has 3 rings (SSSR count). The molecule has 0 aliphatic heterocycles. The number of ether oxygens (including phenoxy) is 1. The molecule has 3 heteroatoms. The largest absolute Gasteiger partial charge is 0.373 e. The number of aryl methyl sites for hydroxylation is 1. The molecule has 1 aliphatic rings. The Labute approximate surface area is 167 Å². The number of carbonyl (C=O) groups is 1. The van der Waals surface area contributed by atoms with E-state index >= 15 is 0 Å². The molecule has 28 heavy (non-hydrogen) atoms. The van der Waals surface area contributed by atoms with Crippen LogP contribution in [0.4, 0.5) is 0 Å². The zero-order valence-electron chi connectivity index (χ0n) is 16.5. The van der Waals surface area contributed by atoms with E-state index in [9.17, 15) is 4.79 Å². The zero-order chi connectivity index (χ0) is 19.8. The summed E-state index contributed by atoms with van der Waals surface area (Å²) in [4.78, 5) is 13.3. The molecule has 0 spiro atoms. The second kappa shape index (κ2) is 9.89.